The second-order valence-electron chi connectivity index (χ2n) is 6.11. The lowest BCUT2D eigenvalue weighted by Crippen LogP contribution is -2.22. The molecule has 1 amide bonds. The molecule has 0 bridgehead atoms. The third-order valence-corrected chi connectivity index (χ3v) is 4.27. The monoisotopic (exact) mass is 337 g/mol. The van der Waals surface area contributed by atoms with Gasteiger partial charge in [-0.2, -0.15) is 0 Å². The Kier molecular flexibility index (Phi) is 5.03. The van der Waals surface area contributed by atoms with Crippen LogP contribution in [0.3, 0.4) is 0 Å². The van der Waals surface area contributed by atoms with Crippen molar-refractivity contribution in [2.75, 3.05) is 11.9 Å². The molecule has 0 aliphatic heterocycles. The maximum atomic E-state index is 12.3. The summed E-state index contributed by atoms with van der Waals surface area (Å²) < 4.78 is 7.71. The number of carbonyl (C=O) groups is 1. The summed E-state index contributed by atoms with van der Waals surface area (Å²) in [5.41, 5.74) is 4.09. The van der Waals surface area contributed by atoms with E-state index in [-0.39, 0.29) is 12.5 Å². The number of anilines is 1. The molecule has 0 aliphatic rings. The van der Waals surface area contributed by atoms with Crippen LogP contribution in [-0.4, -0.2) is 22.1 Å². The molecule has 0 spiro atoms. The summed E-state index contributed by atoms with van der Waals surface area (Å²) >= 11 is 0. The van der Waals surface area contributed by atoms with E-state index in [9.17, 15) is 4.79 Å². The van der Waals surface area contributed by atoms with Gasteiger partial charge < -0.3 is 9.30 Å². The number of hydrogen-bond acceptors (Lipinski definition) is 3. The SMILES string of the molecule is CCCn1c(NC(=O)COc2cccc(C)c2C)nc2ccccc21. The first kappa shape index (κ1) is 17.0. The maximum absolute atomic E-state index is 12.3. The Bertz CT molecular complexity index is 899. The Morgan fingerprint density at radius 2 is 1.96 bits per heavy atom. The van der Waals surface area contributed by atoms with E-state index < -0.39 is 0 Å². The zero-order valence-corrected chi connectivity index (χ0v) is 14.9. The van der Waals surface area contributed by atoms with Gasteiger partial charge in [-0.05, 0) is 49.6 Å². The quantitative estimate of drug-likeness (QED) is 0.737. The van der Waals surface area contributed by atoms with E-state index in [1.165, 1.54) is 0 Å². The molecule has 25 heavy (non-hydrogen) atoms. The van der Waals surface area contributed by atoms with Gasteiger partial charge in [0.05, 0.1) is 11.0 Å². The number of fused-ring (bicyclic) bond motifs is 1. The van der Waals surface area contributed by atoms with E-state index in [2.05, 4.69) is 17.2 Å². The summed E-state index contributed by atoms with van der Waals surface area (Å²) in [4.78, 5) is 16.9. The standard InChI is InChI=1S/C20H23N3O2/c1-4-12-23-17-10-6-5-9-16(17)21-20(23)22-19(24)13-25-18-11-7-8-14(2)15(18)3/h5-11H,4,12-13H2,1-3H3,(H,21,22,24). The van der Waals surface area contributed by atoms with E-state index in [0.29, 0.717) is 5.95 Å². The molecule has 0 aliphatic carbocycles. The predicted octanol–water partition coefficient (Wildman–Crippen LogP) is 4.08. The van der Waals surface area contributed by atoms with Gasteiger partial charge >= 0.3 is 0 Å². The average molecular weight is 337 g/mol. The zero-order chi connectivity index (χ0) is 17.8. The first-order valence-electron chi connectivity index (χ1n) is 8.54. The van der Waals surface area contributed by atoms with Gasteiger partial charge in [-0.15, -0.1) is 0 Å². The van der Waals surface area contributed by atoms with E-state index in [4.69, 9.17) is 4.74 Å². The van der Waals surface area contributed by atoms with Crippen LogP contribution in [0.5, 0.6) is 5.75 Å². The number of amides is 1. The highest BCUT2D eigenvalue weighted by atomic mass is 16.5. The average Bonchev–Trinajstić information content (AvgIpc) is 2.94. The lowest BCUT2D eigenvalue weighted by Gasteiger charge is -2.12. The normalized spacial score (nSPS) is 10.8. The molecule has 0 radical (unpaired) electrons. The van der Waals surface area contributed by atoms with Gasteiger partial charge in [0, 0.05) is 6.54 Å². The van der Waals surface area contributed by atoms with Gasteiger partial charge in [-0.1, -0.05) is 31.2 Å². The molecule has 5 heteroatoms. The molecule has 0 fully saturated rings. The van der Waals surface area contributed by atoms with Crippen molar-refractivity contribution in [1.29, 1.82) is 0 Å². The van der Waals surface area contributed by atoms with Gasteiger partial charge in [-0.25, -0.2) is 4.98 Å². The van der Waals surface area contributed by atoms with Crippen LogP contribution in [0.25, 0.3) is 11.0 Å². The summed E-state index contributed by atoms with van der Waals surface area (Å²) in [5, 5.41) is 2.88. The summed E-state index contributed by atoms with van der Waals surface area (Å²) in [5.74, 6) is 1.09. The fraction of sp³-hybridized carbons (Fsp3) is 0.300. The third kappa shape index (κ3) is 3.65. The number of benzene rings is 2. The molecule has 1 heterocycles. The van der Waals surface area contributed by atoms with Crippen molar-refractivity contribution in [2.45, 2.75) is 33.7 Å². The van der Waals surface area contributed by atoms with Gasteiger partial charge in [0.2, 0.25) is 5.95 Å². The Labute approximate surface area is 147 Å². The Morgan fingerprint density at radius 1 is 1.16 bits per heavy atom. The van der Waals surface area contributed by atoms with Crippen molar-refractivity contribution in [2.24, 2.45) is 0 Å². The highest BCUT2D eigenvalue weighted by Gasteiger charge is 2.13. The summed E-state index contributed by atoms with van der Waals surface area (Å²) in [6.45, 7) is 6.87. The number of aromatic nitrogens is 2. The van der Waals surface area contributed by atoms with Crippen LogP contribution in [0.1, 0.15) is 24.5 Å². The zero-order valence-electron chi connectivity index (χ0n) is 14.9. The lowest BCUT2D eigenvalue weighted by molar-refractivity contribution is -0.118. The first-order valence-corrected chi connectivity index (χ1v) is 8.54. The van der Waals surface area contributed by atoms with Gasteiger partial charge in [-0.3, -0.25) is 10.1 Å². The molecule has 0 atom stereocenters. The number of para-hydroxylation sites is 2. The highest BCUT2D eigenvalue weighted by Crippen LogP contribution is 2.22. The molecule has 5 nitrogen and oxygen atoms in total. The number of hydrogen-bond donors (Lipinski definition) is 1. The molecule has 3 rings (SSSR count). The Morgan fingerprint density at radius 3 is 2.76 bits per heavy atom. The number of imidazole rings is 1. The smallest absolute Gasteiger partial charge is 0.264 e. The molecular weight excluding hydrogens is 314 g/mol. The first-order chi connectivity index (χ1) is 12.1. The number of aryl methyl sites for hydroxylation is 2. The van der Waals surface area contributed by atoms with Crippen molar-refractivity contribution < 1.29 is 9.53 Å². The van der Waals surface area contributed by atoms with Crippen molar-refractivity contribution >= 4 is 22.9 Å². The van der Waals surface area contributed by atoms with Crippen LogP contribution < -0.4 is 10.1 Å². The molecule has 1 aromatic heterocycles. The van der Waals surface area contributed by atoms with E-state index in [0.717, 1.165) is 40.9 Å². The highest BCUT2D eigenvalue weighted by molar-refractivity contribution is 5.92. The molecule has 130 valence electrons. The molecule has 0 saturated heterocycles. The fourth-order valence-electron chi connectivity index (χ4n) is 2.81. The molecule has 1 N–H and O–H groups in total. The van der Waals surface area contributed by atoms with Crippen molar-refractivity contribution in [1.82, 2.24) is 9.55 Å². The molecule has 2 aromatic carbocycles. The third-order valence-electron chi connectivity index (χ3n) is 4.27. The van der Waals surface area contributed by atoms with Crippen LogP contribution in [0.4, 0.5) is 5.95 Å². The minimum Gasteiger partial charge on any atom is -0.483 e. The van der Waals surface area contributed by atoms with Gasteiger partial charge in [0.1, 0.15) is 5.75 Å². The molecule has 0 saturated carbocycles. The second-order valence-corrected chi connectivity index (χ2v) is 6.11. The summed E-state index contributed by atoms with van der Waals surface area (Å²) in [6.07, 6.45) is 0.961. The number of rotatable bonds is 6. The summed E-state index contributed by atoms with van der Waals surface area (Å²) in [7, 11) is 0. The Hall–Kier alpha value is -2.82. The Balaban J connectivity index is 1.73. The van der Waals surface area contributed by atoms with Crippen LogP contribution in [-0.2, 0) is 11.3 Å². The minimum atomic E-state index is -0.214. The van der Waals surface area contributed by atoms with Gasteiger partial charge in [0.15, 0.2) is 6.61 Å². The molecular formula is C20H23N3O2. The lowest BCUT2D eigenvalue weighted by atomic mass is 10.1. The van der Waals surface area contributed by atoms with Crippen LogP contribution in [0, 0.1) is 13.8 Å². The van der Waals surface area contributed by atoms with Crippen molar-refractivity contribution in [3.05, 3.63) is 53.6 Å². The fourth-order valence-corrected chi connectivity index (χ4v) is 2.81. The van der Waals surface area contributed by atoms with Crippen LogP contribution in [0.15, 0.2) is 42.5 Å². The maximum Gasteiger partial charge on any atom is 0.264 e. The minimum absolute atomic E-state index is 0.0420. The topological polar surface area (TPSA) is 56.2 Å². The van der Waals surface area contributed by atoms with Gasteiger partial charge in [0.25, 0.3) is 5.91 Å². The second kappa shape index (κ2) is 7.38. The number of nitrogens with zero attached hydrogens (tertiary/aromatic N) is 2. The number of ether oxygens (including phenoxy) is 1. The van der Waals surface area contributed by atoms with E-state index in [1.54, 1.807) is 0 Å². The molecule has 3 aromatic rings. The number of carbonyl (C=O) groups excluding carboxylic acids is 1. The van der Waals surface area contributed by atoms with Crippen LogP contribution >= 0.6 is 0 Å². The van der Waals surface area contributed by atoms with Crippen molar-refractivity contribution in [3.63, 3.8) is 0 Å². The molecule has 0 unspecified atom stereocenters. The van der Waals surface area contributed by atoms with Crippen LogP contribution in [0.2, 0.25) is 0 Å². The van der Waals surface area contributed by atoms with Crippen molar-refractivity contribution in [3.8, 4) is 5.75 Å². The van der Waals surface area contributed by atoms with E-state index >= 15 is 0 Å². The number of nitrogens with one attached hydrogen (secondary N) is 1. The van der Waals surface area contributed by atoms with E-state index in [1.807, 2.05) is 60.9 Å². The largest absolute Gasteiger partial charge is 0.483 e. The predicted molar refractivity (Wildman–Crippen MR) is 100 cm³/mol. The summed E-state index contributed by atoms with van der Waals surface area (Å²) in [6, 6.07) is 13.7.